The monoisotopic (exact) mass is 437 g/mol. The summed E-state index contributed by atoms with van der Waals surface area (Å²) >= 11 is 6.63. The van der Waals surface area contributed by atoms with E-state index in [-0.39, 0.29) is 31.4 Å². The molecule has 27 heavy (non-hydrogen) atoms. The number of carbonyl (C=O) groups is 2. The molecule has 0 spiro atoms. The molecule has 0 saturated carbocycles. The van der Waals surface area contributed by atoms with Gasteiger partial charge in [-0.25, -0.2) is 8.42 Å². The van der Waals surface area contributed by atoms with Gasteiger partial charge in [0.25, 0.3) is 5.91 Å². The fraction of sp³-hybridized carbons (Fsp3) is 0.812. The molecule has 0 aromatic heterocycles. The van der Waals surface area contributed by atoms with Crippen molar-refractivity contribution in [1.29, 1.82) is 0 Å². The third-order valence-corrected chi connectivity index (χ3v) is 7.57. The van der Waals surface area contributed by atoms with Gasteiger partial charge in [-0.15, -0.1) is 0 Å². The molecule has 8 nitrogen and oxygen atoms in total. The lowest BCUT2D eigenvalue weighted by Crippen LogP contribution is -2.51. The molecule has 0 aliphatic carbocycles. The standard InChI is InChI=1S/C16H27N3O5S3/c1-13-3-5-18(6-4-13)16(25)26-12-15(21)24-11-14(20)17-7-9-19(10-8-17)27(2,22)23/h13H,3-12H2,1-2H3. The molecule has 154 valence electrons. The highest BCUT2D eigenvalue weighted by Crippen LogP contribution is 2.20. The summed E-state index contributed by atoms with van der Waals surface area (Å²) in [6.45, 7) is 4.86. The highest BCUT2D eigenvalue weighted by Gasteiger charge is 2.26. The van der Waals surface area contributed by atoms with Crippen LogP contribution in [0.5, 0.6) is 0 Å². The van der Waals surface area contributed by atoms with Crippen molar-refractivity contribution in [3.63, 3.8) is 0 Å². The van der Waals surface area contributed by atoms with Crippen LogP contribution in [0.1, 0.15) is 19.8 Å². The Hall–Kier alpha value is -0.910. The molecule has 2 aliphatic rings. The summed E-state index contributed by atoms with van der Waals surface area (Å²) < 4.78 is 30.0. The van der Waals surface area contributed by atoms with Crippen LogP contribution < -0.4 is 0 Å². The Kier molecular flexibility index (Phi) is 8.32. The van der Waals surface area contributed by atoms with E-state index >= 15 is 0 Å². The van der Waals surface area contributed by atoms with Crippen LogP contribution in [0.25, 0.3) is 0 Å². The Labute approximate surface area is 170 Å². The second kappa shape index (κ2) is 10.0. The normalized spacial score (nSPS) is 19.8. The van der Waals surface area contributed by atoms with Crippen LogP contribution in [0.3, 0.4) is 0 Å². The Morgan fingerprint density at radius 1 is 1.07 bits per heavy atom. The topological polar surface area (TPSA) is 87.2 Å². The number of nitrogens with zero attached hydrogens (tertiary/aromatic N) is 3. The Balaban J connectivity index is 1.64. The third-order valence-electron chi connectivity index (χ3n) is 4.77. The highest BCUT2D eigenvalue weighted by atomic mass is 32.2. The van der Waals surface area contributed by atoms with Crippen LogP contribution in [-0.2, 0) is 24.3 Å². The van der Waals surface area contributed by atoms with Crippen LogP contribution in [0.2, 0.25) is 0 Å². The van der Waals surface area contributed by atoms with E-state index in [1.54, 1.807) is 0 Å². The number of thioether (sulfide) groups is 1. The zero-order valence-corrected chi connectivity index (χ0v) is 18.2. The quantitative estimate of drug-likeness (QED) is 0.451. The minimum Gasteiger partial charge on any atom is -0.455 e. The molecular formula is C16H27N3O5S3. The maximum absolute atomic E-state index is 12.1. The van der Waals surface area contributed by atoms with Gasteiger partial charge in [0.1, 0.15) is 4.32 Å². The second-order valence-corrected chi connectivity index (χ2v) is 10.5. The smallest absolute Gasteiger partial charge is 0.316 e. The van der Waals surface area contributed by atoms with Crippen molar-refractivity contribution in [3.05, 3.63) is 0 Å². The molecule has 0 atom stereocenters. The van der Waals surface area contributed by atoms with Gasteiger partial charge in [-0.2, -0.15) is 4.31 Å². The Bertz CT molecular complexity index is 654. The molecule has 2 saturated heterocycles. The van der Waals surface area contributed by atoms with Crippen LogP contribution in [0.4, 0.5) is 0 Å². The fourth-order valence-corrected chi connectivity index (χ4v) is 4.82. The number of hydrogen-bond acceptors (Lipinski definition) is 7. The summed E-state index contributed by atoms with van der Waals surface area (Å²) in [5.74, 6) is 0.00861. The molecule has 2 rings (SSSR count). The number of ether oxygens (including phenoxy) is 1. The fourth-order valence-electron chi connectivity index (χ4n) is 2.95. The van der Waals surface area contributed by atoms with Gasteiger partial charge in [-0.3, -0.25) is 9.59 Å². The first-order valence-electron chi connectivity index (χ1n) is 8.97. The maximum atomic E-state index is 12.1. The largest absolute Gasteiger partial charge is 0.455 e. The van der Waals surface area contributed by atoms with Crippen LogP contribution in [0.15, 0.2) is 0 Å². The summed E-state index contributed by atoms with van der Waals surface area (Å²) in [6, 6.07) is 0. The highest BCUT2D eigenvalue weighted by molar-refractivity contribution is 8.23. The number of thiocarbonyl (C=S) groups is 1. The zero-order chi connectivity index (χ0) is 20.0. The van der Waals surface area contributed by atoms with E-state index in [2.05, 4.69) is 11.8 Å². The number of esters is 1. The van der Waals surface area contributed by atoms with Gasteiger partial charge in [0, 0.05) is 39.3 Å². The molecule has 0 bridgehead atoms. The van der Waals surface area contributed by atoms with Crippen LogP contribution in [-0.4, -0.2) is 96.6 Å². The summed E-state index contributed by atoms with van der Waals surface area (Å²) in [6.07, 6.45) is 3.36. The van der Waals surface area contributed by atoms with Crippen molar-refractivity contribution in [2.24, 2.45) is 5.92 Å². The molecule has 1 amide bonds. The molecule has 2 aliphatic heterocycles. The van der Waals surface area contributed by atoms with Crippen molar-refractivity contribution in [2.45, 2.75) is 19.8 Å². The number of rotatable bonds is 5. The van der Waals surface area contributed by atoms with E-state index in [0.29, 0.717) is 23.3 Å². The van der Waals surface area contributed by atoms with Gasteiger partial charge in [0.15, 0.2) is 6.61 Å². The molecule has 0 N–H and O–H groups in total. The average Bonchev–Trinajstić information content (AvgIpc) is 2.64. The molecule has 2 heterocycles. The molecule has 11 heteroatoms. The van der Waals surface area contributed by atoms with Crippen molar-refractivity contribution >= 4 is 50.2 Å². The van der Waals surface area contributed by atoms with E-state index in [9.17, 15) is 18.0 Å². The van der Waals surface area contributed by atoms with E-state index in [1.165, 1.54) is 21.0 Å². The number of carbonyl (C=O) groups excluding carboxylic acids is 2. The summed E-state index contributed by atoms with van der Waals surface area (Å²) in [5.41, 5.74) is 0. The predicted molar refractivity (Wildman–Crippen MR) is 109 cm³/mol. The van der Waals surface area contributed by atoms with Gasteiger partial charge in [0.2, 0.25) is 10.0 Å². The maximum Gasteiger partial charge on any atom is 0.316 e. The van der Waals surface area contributed by atoms with Gasteiger partial charge < -0.3 is 14.5 Å². The first kappa shape index (κ1) is 22.4. The van der Waals surface area contributed by atoms with E-state index in [4.69, 9.17) is 17.0 Å². The minimum absolute atomic E-state index is 0.0834. The Morgan fingerprint density at radius 2 is 1.67 bits per heavy atom. The molecule has 0 aromatic carbocycles. The van der Waals surface area contributed by atoms with Gasteiger partial charge in [0.05, 0.1) is 12.0 Å². The first-order valence-corrected chi connectivity index (χ1v) is 12.2. The lowest BCUT2D eigenvalue weighted by atomic mass is 10.00. The molecule has 0 aromatic rings. The number of amides is 1. The van der Waals surface area contributed by atoms with Gasteiger partial charge in [-0.1, -0.05) is 30.9 Å². The number of hydrogen-bond donors (Lipinski definition) is 0. The minimum atomic E-state index is -3.24. The van der Waals surface area contributed by atoms with Gasteiger partial charge in [-0.05, 0) is 18.8 Å². The zero-order valence-electron chi connectivity index (χ0n) is 15.8. The lowest BCUT2D eigenvalue weighted by molar-refractivity contribution is -0.150. The van der Waals surface area contributed by atoms with Crippen LogP contribution in [0, 0.1) is 5.92 Å². The molecule has 2 fully saturated rings. The lowest BCUT2D eigenvalue weighted by Gasteiger charge is -2.33. The number of sulfonamides is 1. The number of piperazine rings is 1. The predicted octanol–water partition coefficient (Wildman–Crippen LogP) is 0.383. The summed E-state index contributed by atoms with van der Waals surface area (Å²) in [4.78, 5) is 27.6. The van der Waals surface area contributed by atoms with E-state index in [0.717, 1.165) is 32.2 Å². The van der Waals surface area contributed by atoms with Crippen LogP contribution >= 0.6 is 24.0 Å². The average molecular weight is 438 g/mol. The first-order chi connectivity index (χ1) is 12.7. The Morgan fingerprint density at radius 3 is 2.22 bits per heavy atom. The van der Waals surface area contributed by atoms with E-state index < -0.39 is 16.0 Å². The molecular weight excluding hydrogens is 410 g/mol. The third kappa shape index (κ3) is 7.20. The SMILES string of the molecule is CC1CCN(C(=S)SCC(=O)OCC(=O)N2CCN(S(C)(=O)=O)CC2)CC1. The number of likely N-dealkylation sites (tertiary alicyclic amines) is 1. The second-order valence-electron chi connectivity index (χ2n) is 6.93. The van der Waals surface area contributed by atoms with Crippen molar-refractivity contribution < 1.29 is 22.7 Å². The van der Waals surface area contributed by atoms with Crippen molar-refractivity contribution in [1.82, 2.24) is 14.1 Å². The van der Waals surface area contributed by atoms with Crippen molar-refractivity contribution in [2.75, 3.05) is 57.9 Å². The molecule has 0 unspecified atom stereocenters. The summed E-state index contributed by atoms with van der Waals surface area (Å²) in [7, 11) is -3.24. The van der Waals surface area contributed by atoms with Gasteiger partial charge >= 0.3 is 5.97 Å². The summed E-state index contributed by atoms with van der Waals surface area (Å²) in [5, 5.41) is 0. The van der Waals surface area contributed by atoms with E-state index in [1.807, 2.05) is 0 Å². The molecule has 0 radical (unpaired) electrons. The van der Waals surface area contributed by atoms with Crippen molar-refractivity contribution in [3.8, 4) is 0 Å². The number of piperidine rings is 1.